The number of aromatic amines is 1. The predicted octanol–water partition coefficient (Wildman–Crippen LogP) is 5.68. The van der Waals surface area contributed by atoms with Gasteiger partial charge >= 0.3 is 0 Å². The Balaban J connectivity index is 1.23. The molecule has 218 valence electrons. The van der Waals surface area contributed by atoms with Gasteiger partial charge in [0.25, 0.3) is 0 Å². The summed E-state index contributed by atoms with van der Waals surface area (Å²) in [6.07, 6.45) is 10.1. The third-order valence-corrected chi connectivity index (χ3v) is 10.1. The summed E-state index contributed by atoms with van der Waals surface area (Å²) < 4.78 is 0. The van der Waals surface area contributed by atoms with Crippen molar-refractivity contribution in [3.05, 3.63) is 71.2 Å². The Morgan fingerprint density at radius 2 is 1.71 bits per heavy atom. The van der Waals surface area contributed by atoms with E-state index < -0.39 is 5.60 Å². The van der Waals surface area contributed by atoms with Crippen LogP contribution in [0.4, 0.5) is 0 Å². The zero-order valence-corrected chi connectivity index (χ0v) is 25.1. The van der Waals surface area contributed by atoms with Crippen molar-refractivity contribution in [1.82, 2.24) is 25.0 Å². The van der Waals surface area contributed by atoms with Crippen molar-refractivity contribution in [2.75, 3.05) is 33.2 Å². The topological polar surface area (TPSA) is 85.3 Å². The normalized spacial score (nSPS) is 21.7. The molecule has 2 aliphatic heterocycles. The van der Waals surface area contributed by atoms with Gasteiger partial charge < -0.3 is 14.9 Å². The summed E-state index contributed by atoms with van der Waals surface area (Å²) in [6, 6.07) is 12.6. The zero-order chi connectivity index (χ0) is 28.8. The fourth-order valence-corrected chi connectivity index (χ4v) is 7.66. The third kappa shape index (κ3) is 5.12. The Kier molecular flexibility index (Phi) is 7.53. The highest BCUT2D eigenvalue weighted by atomic mass is 16.3. The number of amides is 1. The number of aliphatic hydroxyl groups is 1. The molecule has 3 aromatic rings. The van der Waals surface area contributed by atoms with Crippen LogP contribution in [0.15, 0.2) is 48.8 Å². The van der Waals surface area contributed by atoms with E-state index in [-0.39, 0.29) is 11.3 Å². The molecule has 1 saturated carbocycles. The number of rotatable bonds is 7. The second-order valence-electron chi connectivity index (χ2n) is 13.5. The number of nitrogens with one attached hydrogen (secondary N) is 1. The average molecular weight is 556 g/mol. The van der Waals surface area contributed by atoms with Crippen LogP contribution in [0.1, 0.15) is 93.5 Å². The second kappa shape index (κ2) is 11.0. The van der Waals surface area contributed by atoms with Crippen LogP contribution in [0.3, 0.4) is 0 Å². The number of likely N-dealkylation sites (tertiary alicyclic amines) is 2. The molecule has 1 amide bonds. The van der Waals surface area contributed by atoms with Gasteiger partial charge in [-0.15, -0.1) is 0 Å². The van der Waals surface area contributed by atoms with Gasteiger partial charge in [-0.25, -0.2) is 0 Å². The number of hydrogen-bond donors (Lipinski definition) is 2. The Bertz CT molecular complexity index is 1360. The number of pyridine rings is 1. The molecule has 2 N–H and O–H groups in total. The van der Waals surface area contributed by atoms with Gasteiger partial charge in [0.2, 0.25) is 5.91 Å². The second-order valence-corrected chi connectivity index (χ2v) is 13.5. The molecule has 0 unspecified atom stereocenters. The van der Waals surface area contributed by atoms with Crippen molar-refractivity contribution < 1.29 is 9.90 Å². The van der Waals surface area contributed by atoms with Crippen molar-refractivity contribution in [3.63, 3.8) is 0 Å². The Hall–Kier alpha value is -3.03. The molecule has 0 spiro atoms. The Labute approximate surface area is 244 Å². The standard InChI is InChI=1S/C34H45N5O2/c1-23(2)24-9-11-28(12-10-24)34(41,33(3)21-38(4)22-33)29-17-27(19-35-20-29)31-18-30(36-37-31)25-13-15-39(16-14-25)32(40)26-7-5-6-8-26/h9-12,17-20,23,25-26,41H,5-8,13-16,21-22H2,1-4H3,(H,36,37)/t34-/m0/s1. The van der Waals surface area contributed by atoms with Gasteiger partial charge in [0, 0.05) is 72.6 Å². The lowest BCUT2D eigenvalue weighted by atomic mass is 9.62. The van der Waals surface area contributed by atoms with E-state index in [1.54, 1.807) is 0 Å². The first-order valence-corrected chi connectivity index (χ1v) is 15.5. The van der Waals surface area contributed by atoms with E-state index in [9.17, 15) is 9.90 Å². The highest BCUT2D eigenvalue weighted by Crippen LogP contribution is 2.50. The van der Waals surface area contributed by atoms with E-state index in [0.717, 1.165) is 79.9 Å². The minimum absolute atomic E-state index is 0.250. The van der Waals surface area contributed by atoms with Crippen LogP contribution < -0.4 is 0 Å². The molecule has 7 nitrogen and oxygen atoms in total. The van der Waals surface area contributed by atoms with E-state index in [0.29, 0.717) is 17.7 Å². The lowest BCUT2D eigenvalue weighted by molar-refractivity contribution is -0.136. The monoisotopic (exact) mass is 555 g/mol. The van der Waals surface area contributed by atoms with E-state index in [2.05, 4.69) is 89.2 Å². The van der Waals surface area contributed by atoms with Gasteiger partial charge in [-0.2, -0.15) is 5.10 Å². The minimum Gasteiger partial charge on any atom is -0.380 e. The molecular formula is C34H45N5O2. The van der Waals surface area contributed by atoms with Gasteiger partial charge in [0.05, 0.1) is 5.69 Å². The summed E-state index contributed by atoms with van der Waals surface area (Å²) >= 11 is 0. The number of aromatic nitrogens is 3. The molecule has 1 aliphatic carbocycles. The first-order chi connectivity index (χ1) is 19.7. The maximum absolute atomic E-state index is 12.9. The first-order valence-electron chi connectivity index (χ1n) is 15.5. The van der Waals surface area contributed by atoms with Gasteiger partial charge in [0.1, 0.15) is 5.60 Å². The minimum atomic E-state index is -1.18. The average Bonchev–Trinajstić information content (AvgIpc) is 3.69. The van der Waals surface area contributed by atoms with Crippen LogP contribution in [0.2, 0.25) is 0 Å². The Morgan fingerprint density at radius 3 is 2.34 bits per heavy atom. The molecule has 3 aliphatic rings. The summed E-state index contributed by atoms with van der Waals surface area (Å²) in [6.45, 7) is 9.79. The van der Waals surface area contributed by atoms with E-state index >= 15 is 0 Å². The number of carbonyl (C=O) groups excluding carboxylic acids is 1. The summed E-state index contributed by atoms with van der Waals surface area (Å²) in [5.41, 5.74) is 4.28. The maximum Gasteiger partial charge on any atom is 0.225 e. The lowest BCUT2D eigenvalue weighted by Gasteiger charge is -2.55. The molecule has 0 bridgehead atoms. The van der Waals surface area contributed by atoms with Crippen molar-refractivity contribution in [1.29, 1.82) is 0 Å². The van der Waals surface area contributed by atoms with Gasteiger partial charge in [-0.05, 0) is 61.9 Å². The summed E-state index contributed by atoms with van der Waals surface area (Å²) in [5, 5.41) is 20.5. The number of carbonyl (C=O) groups is 1. The van der Waals surface area contributed by atoms with Gasteiger partial charge in [-0.1, -0.05) is 57.9 Å². The molecule has 3 fully saturated rings. The molecular weight excluding hydrogens is 510 g/mol. The summed E-state index contributed by atoms with van der Waals surface area (Å²) in [7, 11) is 2.10. The number of piperidine rings is 1. The van der Waals surface area contributed by atoms with Crippen molar-refractivity contribution in [2.24, 2.45) is 11.3 Å². The van der Waals surface area contributed by atoms with Crippen molar-refractivity contribution >= 4 is 5.91 Å². The lowest BCUT2D eigenvalue weighted by Crippen LogP contribution is -2.63. The van der Waals surface area contributed by atoms with E-state index in [1.165, 1.54) is 18.4 Å². The van der Waals surface area contributed by atoms with Crippen LogP contribution in [-0.2, 0) is 10.4 Å². The van der Waals surface area contributed by atoms with Crippen LogP contribution >= 0.6 is 0 Å². The fourth-order valence-electron chi connectivity index (χ4n) is 7.66. The summed E-state index contributed by atoms with van der Waals surface area (Å²) in [5.74, 6) is 1.41. The molecule has 4 heterocycles. The third-order valence-electron chi connectivity index (χ3n) is 10.1. The largest absolute Gasteiger partial charge is 0.380 e. The van der Waals surface area contributed by atoms with Crippen LogP contribution in [0, 0.1) is 11.3 Å². The highest BCUT2D eigenvalue weighted by Gasteiger charge is 2.55. The molecule has 1 atom stereocenters. The van der Waals surface area contributed by atoms with Gasteiger partial charge in [-0.3, -0.25) is 14.9 Å². The Morgan fingerprint density at radius 1 is 1.02 bits per heavy atom. The zero-order valence-electron chi connectivity index (χ0n) is 25.1. The molecule has 2 saturated heterocycles. The maximum atomic E-state index is 12.9. The van der Waals surface area contributed by atoms with Gasteiger partial charge in [0.15, 0.2) is 0 Å². The number of benzene rings is 1. The predicted molar refractivity (Wildman–Crippen MR) is 161 cm³/mol. The number of H-pyrrole nitrogens is 1. The van der Waals surface area contributed by atoms with Crippen LogP contribution in [0.25, 0.3) is 11.3 Å². The SMILES string of the molecule is CC(C)c1ccc([C@](O)(c2cncc(-c3cc(C4CCN(C(=O)C5CCCC5)CC4)[nH]n3)c2)C2(C)CN(C)C2)cc1. The quantitative estimate of drug-likeness (QED) is 0.392. The smallest absolute Gasteiger partial charge is 0.225 e. The van der Waals surface area contributed by atoms with Crippen LogP contribution in [-0.4, -0.2) is 69.2 Å². The van der Waals surface area contributed by atoms with Crippen LogP contribution in [0.5, 0.6) is 0 Å². The van der Waals surface area contributed by atoms with E-state index in [1.807, 2.05) is 12.4 Å². The molecule has 6 rings (SSSR count). The molecule has 0 radical (unpaired) electrons. The number of nitrogens with zero attached hydrogens (tertiary/aromatic N) is 4. The number of hydrogen-bond acceptors (Lipinski definition) is 5. The molecule has 1 aromatic carbocycles. The fraction of sp³-hybridized carbons (Fsp3) is 0.559. The summed E-state index contributed by atoms with van der Waals surface area (Å²) in [4.78, 5) is 21.8. The molecule has 7 heteroatoms. The highest BCUT2D eigenvalue weighted by molar-refractivity contribution is 5.79. The molecule has 41 heavy (non-hydrogen) atoms. The van der Waals surface area contributed by atoms with Crippen molar-refractivity contribution in [2.45, 2.75) is 76.7 Å². The first kappa shape index (κ1) is 28.1. The molecule has 2 aromatic heterocycles. The van der Waals surface area contributed by atoms with E-state index in [4.69, 9.17) is 0 Å². The van der Waals surface area contributed by atoms with Crippen molar-refractivity contribution in [3.8, 4) is 11.3 Å².